The Hall–Kier alpha value is -4.32. The molecule has 1 aromatic heterocycles. The van der Waals surface area contributed by atoms with Crippen LogP contribution in [0.3, 0.4) is 0 Å². The van der Waals surface area contributed by atoms with Crippen molar-refractivity contribution in [1.82, 2.24) is 15.4 Å². The van der Waals surface area contributed by atoms with Crippen LogP contribution in [0, 0.1) is 10.1 Å². The van der Waals surface area contributed by atoms with Crippen molar-refractivity contribution in [3.05, 3.63) is 52.6 Å². The summed E-state index contributed by atoms with van der Waals surface area (Å²) < 4.78 is 11.0. The lowest BCUT2D eigenvalue weighted by molar-refractivity contribution is -0.384. The van der Waals surface area contributed by atoms with Crippen molar-refractivity contribution in [3.63, 3.8) is 0 Å². The summed E-state index contributed by atoms with van der Waals surface area (Å²) in [5.74, 6) is -0.181. The second-order valence-electron chi connectivity index (χ2n) is 7.94. The maximum absolute atomic E-state index is 12.3. The molecule has 12 heteroatoms. The van der Waals surface area contributed by atoms with Crippen molar-refractivity contribution >= 4 is 17.5 Å². The van der Waals surface area contributed by atoms with Crippen LogP contribution in [0.4, 0.5) is 16.3 Å². The van der Waals surface area contributed by atoms with E-state index in [9.17, 15) is 25.1 Å². The van der Waals surface area contributed by atoms with Gasteiger partial charge in [-0.2, -0.15) is 0 Å². The zero-order valence-electron chi connectivity index (χ0n) is 18.2. The predicted molar refractivity (Wildman–Crippen MR) is 121 cm³/mol. The zero-order valence-corrected chi connectivity index (χ0v) is 18.2. The first-order chi connectivity index (χ1) is 16.3. The Morgan fingerprint density at radius 3 is 2.59 bits per heavy atom. The summed E-state index contributed by atoms with van der Waals surface area (Å²) in [4.78, 5) is 24.8. The van der Waals surface area contributed by atoms with E-state index in [-0.39, 0.29) is 51.9 Å². The number of aromatic nitrogens is 1. The highest BCUT2D eigenvalue weighted by molar-refractivity contribution is 5.89. The molecular formula is C22H23N5O7. The minimum atomic E-state index is -0.540. The third-order valence-electron chi connectivity index (χ3n) is 5.39. The fourth-order valence-electron chi connectivity index (χ4n) is 3.62. The third-order valence-corrected chi connectivity index (χ3v) is 5.39. The van der Waals surface area contributed by atoms with E-state index < -0.39 is 11.0 Å². The number of piperidine rings is 1. The number of amides is 2. The minimum absolute atomic E-state index is 0.0184. The van der Waals surface area contributed by atoms with Gasteiger partial charge in [-0.05, 0) is 45.1 Å². The summed E-state index contributed by atoms with van der Waals surface area (Å²) in [5, 5.41) is 40.5. The van der Waals surface area contributed by atoms with E-state index in [2.05, 4.69) is 20.7 Å². The van der Waals surface area contributed by atoms with Crippen LogP contribution in [0.5, 0.6) is 23.0 Å². The Morgan fingerprint density at radius 1 is 1.21 bits per heavy atom. The smallest absolute Gasteiger partial charge is 0.320 e. The van der Waals surface area contributed by atoms with Gasteiger partial charge in [-0.3, -0.25) is 15.4 Å². The number of phenols is 2. The van der Waals surface area contributed by atoms with Crippen molar-refractivity contribution < 1.29 is 29.2 Å². The number of nitrogens with zero attached hydrogens (tertiary/aromatic N) is 3. The Bertz CT molecular complexity index is 1190. The molecule has 1 aliphatic rings. The number of non-ortho nitro benzene ring substituents is 1. The molecule has 0 radical (unpaired) electrons. The van der Waals surface area contributed by atoms with Gasteiger partial charge in [0.25, 0.3) is 5.69 Å². The number of nitro groups is 1. The molecule has 1 saturated heterocycles. The molecule has 0 atom stereocenters. The highest BCUT2D eigenvalue weighted by Gasteiger charge is 2.22. The zero-order chi connectivity index (χ0) is 24.2. The van der Waals surface area contributed by atoms with Gasteiger partial charge in [-0.1, -0.05) is 5.16 Å². The lowest BCUT2D eigenvalue weighted by Crippen LogP contribution is -2.44. The number of rotatable bonds is 6. The molecule has 4 rings (SSSR count). The molecule has 12 nitrogen and oxygen atoms in total. The van der Waals surface area contributed by atoms with E-state index in [1.165, 1.54) is 36.4 Å². The van der Waals surface area contributed by atoms with Gasteiger partial charge in [0.15, 0.2) is 11.6 Å². The molecule has 3 aromatic rings. The standard InChI is InChI=1S/C22H23N5O7/c1-26-8-6-13(7-9-26)23-22(30)24-20-12-19(34-25-20)21-17(29)10-15(28)11-18(21)33-16-4-2-14(3-5-16)27(31)32/h2-5,10-13,28-29H,6-9H2,1H3,(H2,23,24,25,30). The van der Waals surface area contributed by atoms with Crippen LogP contribution in [0.15, 0.2) is 47.0 Å². The molecule has 178 valence electrons. The second kappa shape index (κ2) is 9.67. The number of phenolic OH excluding ortho intramolecular Hbond substituents is 2. The first-order valence-corrected chi connectivity index (χ1v) is 10.5. The van der Waals surface area contributed by atoms with E-state index in [0.717, 1.165) is 32.0 Å². The molecule has 0 bridgehead atoms. The summed E-state index contributed by atoms with van der Waals surface area (Å²) in [5.41, 5.74) is -0.0387. The highest BCUT2D eigenvalue weighted by atomic mass is 16.6. The number of nitrogens with one attached hydrogen (secondary N) is 2. The summed E-state index contributed by atoms with van der Waals surface area (Å²) in [6.45, 7) is 1.80. The Kier molecular flexibility index (Phi) is 6.50. The molecule has 1 fully saturated rings. The first-order valence-electron chi connectivity index (χ1n) is 10.5. The van der Waals surface area contributed by atoms with Crippen molar-refractivity contribution in [2.24, 2.45) is 0 Å². The maximum Gasteiger partial charge on any atom is 0.320 e. The van der Waals surface area contributed by atoms with Crippen molar-refractivity contribution in [2.45, 2.75) is 18.9 Å². The topological polar surface area (TPSA) is 163 Å². The van der Waals surface area contributed by atoms with Crippen LogP contribution in [0.25, 0.3) is 11.3 Å². The highest BCUT2D eigenvalue weighted by Crippen LogP contribution is 2.43. The molecule has 0 saturated carbocycles. The van der Waals surface area contributed by atoms with Gasteiger partial charge in [-0.15, -0.1) is 0 Å². The molecule has 34 heavy (non-hydrogen) atoms. The summed E-state index contributed by atoms with van der Waals surface area (Å²) in [6, 6.07) is 8.67. The van der Waals surface area contributed by atoms with Gasteiger partial charge < -0.3 is 29.7 Å². The van der Waals surface area contributed by atoms with Gasteiger partial charge >= 0.3 is 6.03 Å². The molecule has 0 unspecified atom stereocenters. The molecule has 0 spiro atoms. The number of nitro benzene ring substituents is 1. The molecule has 2 amide bonds. The number of benzene rings is 2. The van der Waals surface area contributed by atoms with E-state index in [4.69, 9.17) is 9.26 Å². The Balaban J connectivity index is 1.50. The molecule has 2 heterocycles. The molecule has 0 aliphatic carbocycles. The maximum atomic E-state index is 12.3. The van der Waals surface area contributed by atoms with Crippen molar-refractivity contribution in [1.29, 1.82) is 0 Å². The van der Waals surface area contributed by atoms with Crippen LogP contribution in [-0.2, 0) is 0 Å². The van der Waals surface area contributed by atoms with Gasteiger partial charge in [0, 0.05) is 36.4 Å². The quantitative estimate of drug-likeness (QED) is 0.311. The largest absolute Gasteiger partial charge is 0.508 e. The number of aromatic hydroxyl groups is 2. The average molecular weight is 469 g/mol. The third kappa shape index (κ3) is 5.35. The normalized spacial score (nSPS) is 14.5. The molecular weight excluding hydrogens is 446 g/mol. The Labute approximate surface area is 193 Å². The van der Waals surface area contributed by atoms with Gasteiger partial charge in [0.2, 0.25) is 0 Å². The number of likely N-dealkylation sites (tertiary alicyclic amines) is 1. The number of ether oxygens (including phenoxy) is 1. The average Bonchev–Trinajstić information content (AvgIpc) is 3.23. The van der Waals surface area contributed by atoms with Crippen LogP contribution in [-0.4, -0.2) is 57.4 Å². The summed E-state index contributed by atoms with van der Waals surface area (Å²) in [7, 11) is 2.03. The molecule has 2 aromatic carbocycles. The first kappa shape index (κ1) is 22.9. The summed E-state index contributed by atoms with van der Waals surface area (Å²) >= 11 is 0. The number of hydrogen-bond donors (Lipinski definition) is 4. The van der Waals surface area contributed by atoms with Gasteiger partial charge in [-0.25, -0.2) is 4.79 Å². The van der Waals surface area contributed by atoms with E-state index in [1.807, 2.05) is 7.05 Å². The lowest BCUT2D eigenvalue weighted by Gasteiger charge is -2.29. The van der Waals surface area contributed by atoms with E-state index in [1.54, 1.807) is 0 Å². The Morgan fingerprint density at radius 2 is 1.91 bits per heavy atom. The minimum Gasteiger partial charge on any atom is -0.508 e. The van der Waals surface area contributed by atoms with E-state index >= 15 is 0 Å². The fraction of sp³-hybridized carbons (Fsp3) is 0.273. The van der Waals surface area contributed by atoms with Crippen LogP contribution >= 0.6 is 0 Å². The number of urea groups is 1. The van der Waals surface area contributed by atoms with Crippen molar-refractivity contribution in [3.8, 4) is 34.3 Å². The monoisotopic (exact) mass is 469 g/mol. The second-order valence-corrected chi connectivity index (χ2v) is 7.94. The van der Waals surface area contributed by atoms with Crippen molar-refractivity contribution in [2.75, 3.05) is 25.5 Å². The SMILES string of the molecule is CN1CCC(NC(=O)Nc2cc(-c3c(O)cc(O)cc3Oc3ccc([N+](=O)[O-])cc3)on2)CC1. The number of hydrogen-bond acceptors (Lipinski definition) is 9. The van der Waals surface area contributed by atoms with Crippen LogP contribution < -0.4 is 15.4 Å². The number of anilines is 1. The number of carbonyl (C=O) groups is 1. The van der Waals surface area contributed by atoms with E-state index in [0.29, 0.717) is 0 Å². The van der Waals surface area contributed by atoms with Crippen LogP contribution in [0.2, 0.25) is 0 Å². The number of carbonyl (C=O) groups excluding carboxylic acids is 1. The van der Waals surface area contributed by atoms with Gasteiger partial charge in [0.05, 0.1) is 4.92 Å². The van der Waals surface area contributed by atoms with Crippen LogP contribution in [0.1, 0.15) is 12.8 Å². The van der Waals surface area contributed by atoms with Gasteiger partial charge in [0.1, 0.15) is 28.6 Å². The molecule has 1 aliphatic heterocycles. The molecule has 4 N–H and O–H groups in total. The fourth-order valence-corrected chi connectivity index (χ4v) is 3.62. The lowest BCUT2D eigenvalue weighted by atomic mass is 10.1. The predicted octanol–water partition coefficient (Wildman–Crippen LogP) is 3.67. The summed E-state index contributed by atoms with van der Waals surface area (Å²) in [6.07, 6.45) is 1.69.